The fourth-order valence-corrected chi connectivity index (χ4v) is 2.54. The molecule has 2 rings (SSSR count). The van der Waals surface area contributed by atoms with Crippen LogP contribution in [-0.2, 0) is 13.0 Å². The molecule has 0 radical (unpaired) electrons. The summed E-state index contributed by atoms with van der Waals surface area (Å²) < 4.78 is 2.99. The van der Waals surface area contributed by atoms with Gasteiger partial charge in [-0.3, -0.25) is 11.3 Å². The molecule has 0 amide bonds. The maximum atomic E-state index is 5.70. The van der Waals surface area contributed by atoms with Crippen molar-refractivity contribution in [2.24, 2.45) is 11.8 Å². The third kappa shape index (κ3) is 3.88. The lowest BCUT2D eigenvalue weighted by molar-refractivity contribution is 0.446. The van der Waals surface area contributed by atoms with Crippen LogP contribution in [0.15, 0.2) is 35.1 Å². The van der Waals surface area contributed by atoms with E-state index in [1.807, 2.05) is 16.8 Å². The summed E-state index contributed by atoms with van der Waals surface area (Å²) >= 11 is 3.48. The Labute approximate surface area is 127 Å². The first-order valence-electron chi connectivity index (χ1n) is 6.68. The highest BCUT2D eigenvalue weighted by Gasteiger charge is 2.15. The lowest BCUT2D eigenvalue weighted by atomic mass is 10.0. The van der Waals surface area contributed by atoms with Crippen LogP contribution in [-0.4, -0.2) is 14.8 Å². The monoisotopic (exact) mass is 337 g/mol. The third-order valence-corrected chi connectivity index (χ3v) is 3.57. The van der Waals surface area contributed by atoms with E-state index in [9.17, 15) is 0 Å². The van der Waals surface area contributed by atoms with Crippen molar-refractivity contribution in [1.29, 1.82) is 0 Å². The van der Waals surface area contributed by atoms with Gasteiger partial charge in [0.15, 0.2) is 0 Å². The summed E-state index contributed by atoms with van der Waals surface area (Å²) in [6.45, 7) is 5.20. The lowest BCUT2D eigenvalue weighted by Crippen LogP contribution is -2.30. The Morgan fingerprint density at radius 2 is 2.20 bits per heavy atom. The summed E-state index contributed by atoms with van der Waals surface area (Å²) in [6, 6.07) is 8.13. The third-order valence-electron chi connectivity index (χ3n) is 3.07. The molecule has 6 heteroatoms. The smallest absolute Gasteiger partial charge is 0.138 e. The van der Waals surface area contributed by atoms with Gasteiger partial charge < -0.3 is 0 Å². The van der Waals surface area contributed by atoms with Crippen LogP contribution < -0.4 is 11.3 Å². The van der Waals surface area contributed by atoms with E-state index >= 15 is 0 Å². The minimum absolute atomic E-state index is 0.0163. The predicted molar refractivity (Wildman–Crippen MR) is 82.8 cm³/mol. The van der Waals surface area contributed by atoms with Gasteiger partial charge in [0.05, 0.1) is 6.04 Å². The van der Waals surface area contributed by atoms with Crippen molar-refractivity contribution in [3.63, 3.8) is 0 Å². The van der Waals surface area contributed by atoms with Gasteiger partial charge in [0, 0.05) is 17.4 Å². The van der Waals surface area contributed by atoms with Crippen LogP contribution in [0.1, 0.15) is 31.3 Å². The van der Waals surface area contributed by atoms with Gasteiger partial charge in [-0.25, -0.2) is 9.67 Å². The van der Waals surface area contributed by atoms with Crippen molar-refractivity contribution in [2.45, 2.75) is 32.9 Å². The van der Waals surface area contributed by atoms with Crippen molar-refractivity contribution >= 4 is 15.9 Å². The molecule has 0 saturated carbocycles. The number of aromatic nitrogens is 3. The van der Waals surface area contributed by atoms with E-state index in [1.165, 1.54) is 0 Å². The zero-order chi connectivity index (χ0) is 14.5. The van der Waals surface area contributed by atoms with Gasteiger partial charge in [-0.15, -0.1) is 0 Å². The van der Waals surface area contributed by atoms with E-state index in [1.54, 1.807) is 6.33 Å². The van der Waals surface area contributed by atoms with Gasteiger partial charge in [-0.2, -0.15) is 5.10 Å². The molecule has 0 aliphatic heterocycles. The van der Waals surface area contributed by atoms with Crippen LogP contribution in [0.2, 0.25) is 0 Å². The number of nitrogens with one attached hydrogen (secondary N) is 1. The number of hydrazine groups is 1. The molecule has 0 aliphatic carbocycles. The quantitative estimate of drug-likeness (QED) is 0.627. The van der Waals surface area contributed by atoms with E-state index in [4.69, 9.17) is 5.84 Å². The summed E-state index contributed by atoms with van der Waals surface area (Å²) in [6.07, 6.45) is 2.31. The summed E-state index contributed by atoms with van der Waals surface area (Å²) in [5.74, 6) is 7.18. The minimum atomic E-state index is 0.0163. The topological polar surface area (TPSA) is 68.8 Å². The fraction of sp³-hybridized carbons (Fsp3) is 0.429. The molecule has 1 atom stereocenters. The van der Waals surface area contributed by atoms with Crippen molar-refractivity contribution in [1.82, 2.24) is 20.2 Å². The SMILES string of the molecule is CC(C)Cn1ncnc1CC(NN)c1cccc(Br)c1. The second-order valence-electron chi connectivity index (χ2n) is 5.23. The van der Waals surface area contributed by atoms with E-state index in [0.717, 1.165) is 22.4 Å². The van der Waals surface area contributed by atoms with Crippen LogP contribution in [0.5, 0.6) is 0 Å². The maximum Gasteiger partial charge on any atom is 0.138 e. The zero-order valence-electron chi connectivity index (χ0n) is 11.8. The van der Waals surface area contributed by atoms with Crippen LogP contribution in [0.25, 0.3) is 0 Å². The first-order chi connectivity index (χ1) is 9.60. The first-order valence-corrected chi connectivity index (χ1v) is 7.47. The number of nitrogens with zero attached hydrogens (tertiary/aromatic N) is 3. The Kier molecular flexibility index (Phi) is 5.28. The van der Waals surface area contributed by atoms with Crippen LogP contribution in [0, 0.1) is 5.92 Å². The van der Waals surface area contributed by atoms with Gasteiger partial charge in [0.1, 0.15) is 12.2 Å². The lowest BCUT2D eigenvalue weighted by Gasteiger charge is -2.17. The molecule has 108 valence electrons. The number of hydrogen-bond donors (Lipinski definition) is 2. The number of hydrogen-bond acceptors (Lipinski definition) is 4. The molecule has 0 bridgehead atoms. The molecule has 0 spiro atoms. The molecule has 5 nitrogen and oxygen atoms in total. The predicted octanol–water partition coefficient (Wildman–Crippen LogP) is 2.44. The van der Waals surface area contributed by atoms with Gasteiger partial charge in [0.2, 0.25) is 0 Å². The van der Waals surface area contributed by atoms with E-state index in [0.29, 0.717) is 12.3 Å². The highest BCUT2D eigenvalue weighted by atomic mass is 79.9. The summed E-state index contributed by atoms with van der Waals surface area (Å²) in [5, 5.41) is 4.28. The molecule has 2 aromatic rings. The molecule has 1 aromatic heterocycles. The molecular weight excluding hydrogens is 318 g/mol. The number of benzene rings is 1. The highest BCUT2D eigenvalue weighted by Crippen LogP contribution is 2.20. The van der Waals surface area contributed by atoms with E-state index in [-0.39, 0.29) is 6.04 Å². The maximum absolute atomic E-state index is 5.70. The first kappa shape index (κ1) is 15.2. The number of halogens is 1. The average molecular weight is 338 g/mol. The van der Waals surface area contributed by atoms with Crippen molar-refractivity contribution in [3.8, 4) is 0 Å². The van der Waals surface area contributed by atoms with Gasteiger partial charge in [0.25, 0.3) is 0 Å². The second kappa shape index (κ2) is 6.97. The molecular formula is C14H20BrN5. The number of nitrogens with two attached hydrogens (primary N) is 1. The van der Waals surface area contributed by atoms with Crippen molar-refractivity contribution in [3.05, 3.63) is 46.5 Å². The molecule has 1 heterocycles. The van der Waals surface area contributed by atoms with Gasteiger partial charge in [-0.05, 0) is 23.6 Å². The minimum Gasteiger partial charge on any atom is -0.271 e. The van der Waals surface area contributed by atoms with Crippen molar-refractivity contribution in [2.75, 3.05) is 0 Å². The summed E-state index contributed by atoms with van der Waals surface area (Å²) in [7, 11) is 0. The normalized spacial score (nSPS) is 12.8. The Morgan fingerprint density at radius 3 is 2.85 bits per heavy atom. The zero-order valence-corrected chi connectivity index (χ0v) is 13.3. The standard InChI is InChI=1S/C14H20BrN5/c1-10(2)8-20-14(17-9-18-20)7-13(19-16)11-4-3-5-12(15)6-11/h3-6,9-10,13,19H,7-8,16H2,1-2H3. The molecule has 3 N–H and O–H groups in total. The van der Waals surface area contributed by atoms with E-state index < -0.39 is 0 Å². The second-order valence-corrected chi connectivity index (χ2v) is 6.15. The molecule has 1 aromatic carbocycles. The Bertz CT molecular complexity index is 552. The Balaban J connectivity index is 2.16. The molecule has 0 fully saturated rings. The molecule has 0 aliphatic rings. The Hall–Kier alpha value is -1.24. The Morgan fingerprint density at radius 1 is 1.40 bits per heavy atom. The number of rotatable bonds is 6. The van der Waals surface area contributed by atoms with Crippen LogP contribution in [0.3, 0.4) is 0 Å². The average Bonchev–Trinajstić information content (AvgIpc) is 2.82. The van der Waals surface area contributed by atoms with Crippen molar-refractivity contribution < 1.29 is 0 Å². The van der Waals surface area contributed by atoms with Gasteiger partial charge in [-0.1, -0.05) is 41.9 Å². The van der Waals surface area contributed by atoms with E-state index in [2.05, 4.69) is 57.4 Å². The largest absolute Gasteiger partial charge is 0.271 e. The highest BCUT2D eigenvalue weighted by molar-refractivity contribution is 9.10. The summed E-state index contributed by atoms with van der Waals surface area (Å²) in [5.41, 5.74) is 3.99. The fourth-order valence-electron chi connectivity index (χ4n) is 2.12. The van der Waals surface area contributed by atoms with Crippen LogP contribution >= 0.6 is 15.9 Å². The van der Waals surface area contributed by atoms with Crippen LogP contribution in [0.4, 0.5) is 0 Å². The van der Waals surface area contributed by atoms with Gasteiger partial charge >= 0.3 is 0 Å². The molecule has 0 saturated heterocycles. The summed E-state index contributed by atoms with van der Waals surface area (Å²) in [4.78, 5) is 4.35. The molecule has 1 unspecified atom stereocenters. The molecule has 20 heavy (non-hydrogen) atoms.